The molecule has 0 aliphatic heterocycles. The summed E-state index contributed by atoms with van der Waals surface area (Å²) in [5.74, 6) is 0.908. The Hall–Kier alpha value is -2.47. The second kappa shape index (κ2) is 4.66. The highest BCUT2D eigenvalue weighted by Gasteiger charge is 2.04. The number of hydrogen-bond donors (Lipinski definition) is 1. The largest absolute Gasteiger partial charge is 0.439 e. The van der Waals surface area contributed by atoms with Gasteiger partial charge in [0.1, 0.15) is 10.9 Å². The summed E-state index contributed by atoms with van der Waals surface area (Å²) in [6.45, 7) is 0. The molecule has 3 aromatic rings. The molecule has 3 rings (SSSR count). The first-order valence-corrected chi connectivity index (χ1v) is 5.77. The molecule has 0 saturated carbocycles. The van der Waals surface area contributed by atoms with Crippen LogP contribution >= 0.6 is 11.6 Å². The number of halogens is 1. The van der Waals surface area contributed by atoms with Crippen LogP contribution in [0.4, 0.5) is 5.95 Å². The van der Waals surface area contributed by atoms with Crippen molar-refractivity contribution in [2.24, 2.45) is 0 Å². The van der Waals surface area contributed by atoms with Crippen LogP contribution in [0, 0.1) is 0 Å². The third-order valence-corrected chi connectivity index (χ3v) is 2.55. The van der Waals surface area contributed by atoms with Crippen LogP contribution in [-0.2, 0) is 0 Å². The van der Waals surface area contributed by atoms with Crippen molar-refractivity contribution in [3.05, 3.63) is 41.8 Å². The molecule has 94 valence electrons. The minimum Gasteiger partial charge on any atom is -0.439 e. The number of fused-ring (bicyclic) bond motifs is 1. The highest BCUT2D eigenvalue weighted by Crippen LogP contribution is 2.24. The van der Waals surface area contributed by atoms with Gasteiger partial charge in [0, 0.05) is 24.5 Å². The Kier molecular flexibility index (Phi) is 2.85. The molecule has 0 saturated heterocycles. The van der Waals surface area contributed by atoms with Crippen LogP contribution in [0.15, 0.2) is 36.7 Å². The van der Waals surface area contributed by atoms with E-state index in [-0.39, 0.29) is 17.0 Å². The summed E-state index contributed by atoms with van der Waals surface area (Å²) in [4.78, 5) is 16.1. The lowest BCUT2D eigenvalue weighted by Crippen LogP contribution is -1.97. The van der Waals surface area contributed by atoms with Crippen molar-refractivity contribution in [2.75, 3.05) is 5.73 Å². The van der Waals surface area contributed by atoms with Crippen LogP contribution < -0.4 is 10.5 Å². The Morgan fingerprint density at radius 1 is 1.00 bits per heavy atom. The molecule has 1 aromatic carbocycles. The van der Waals surface area contributed by atoms with Gasteiger partial charge in [-0.05, 0) is 12.1 Å². The van der Waals surface area contributed by atoms with Crippen LogP contribution in [0.2, 0.25) is 5.15 Å². The van der Waals surface area contributed by atoms with Gasteiger partial charge in [-0.25, -0.2) is 4.98 Å². The fourth-order valence-electron chi connectivity index (χ4n) is 1.59. The van der Waals surface area contributed by atoms with Gasteiger partial charge in [-0.15, -0.1) is 0 Å². The zero-order chi connectivity index (χ0) is 13.2. The summed E-state index contributed by atoms with van der Waals surface area (Å²) in [5.41, 5.74) is 7.01. The molecule has 0 atom stereocenters. The van der Waals surface area contributed by atoms with Gasteiger partial charge in [-0.1, -0.05) is 11.6 Å². The van der Waals surface area contributed by atoms with E-state index in [1.165, 1.54) is 6.07 Å². The average Bonchev–Trinajstić information content (AvgIpc) is 2.37. The number of nitrogens with two attached hydrogens (primary N) is 1. The number of aromatic nitrogens is 4. The maximum Gasteiger partial charge on any atom is 0.225 e. The molecule has 0 unspecified atom stereocenters. The Morgan fingerprint density at radius 2 is 1.79 bits per heavy atom. The lowest BCUT2D eigenvalue weighted by atomic mass is 10.3. The third-order valence-electron chi connectivity index (χ3n) is 2.35. The molecule has 0 radical (unpaired) electrons. The molecule has 19 heavy (non-hydrogen) atoms. The van der Waals surface area contributed by atoms with Crippen molar-refractivity contribution >= 4 is 28.6 Å². The fourth-order valence-corrected chi connectivity index (χ4v) is 1.77. The molecule has 0 aliphatic carbocycles. The van der Waals surface area contributed by atoms with E-state index in [1.54, 1.807) is 24.5 Å². The second-order valence-corrected chi connectivity index (χ2v) is 4.08. The second-order valence-electron chi connectivity index (χ2n) is 3.70. The molecule has 0 spiro atoms. The van der Waals surface area contributed by atoms with Crippen LogP contribution in [0.1, 0.15) is 0 Å². The molecule has 7 heteroatoms. The Labute approximate surface area is 113 Å². The highest BCUT2D eigenvalue weighted by molar-refractivity contribution is 6.29. The average molecular weight is 274 g/mol. The van der Waals surface area contributed by atoms with Crippen molar-refractivity contribution in [3.63, 3.8) is 0 Å². The predicted octanol–water partition coefficient (Wildman–Crippen LogP) is 2.45. The fraction of sp³-hybridized carbons (Fsp3) is 0. The number of rotatable bonds is 2. The number of hydrogen-bond acceptors (Lipinski definition) is 6. The normalized spacial score (nSPS) is 10.6. The minimum atomic E-state index is 0.0584. The van der Waals surface area contributed by atoms with Gasteiger partial charge in [0.05, 0.1) is 11.0 Å². The number of nitrogens with zero attached hydrogens (tertiary/aromatic N) is 4. The zero-order valence-corrected chi connectivity index (χ0v) is 10.4. The van der Waals surface area contributed by atoms with E-state index < -0.39 is 0 Å². The quantitative estimate of drug-likeness (QED) is 0.722. The maximum absolute atomic E-state index is 5.78. The van der Waals surface area contributed by atoms with Crippen molar-refractivity contribution in [2.45, 2.75) is 0 Å². The highest BCUT2D eigenvalue weighted by atomic mass is 35.5. The van der Waals surface area contributed by atoms with Gasteiger partial charge in [0.15, 0.2) is 0 Å². The number of nitrogen functional groups attached to an aromatic ring is 1. The Morgan fingerprint density at radius 3 is 2.58 bits per heavy atom. The van der Waals surface area contributed by atoms with E-state index in [1.807, 2.05) is 6.07 Å². The first-order chi connectivity index (χ1) is 9.20. The topological polar surface area (TPSA) is 86.8 Å². The van der Waals surface area contributed by atoms with Crippen LogP contribution in [0.25, 0.3) is 11.0 Å². The zero-order valence-electron chi connectivity index (χ0n) is 9.62. The monoisotopic (exact) mass is 273 g/mol. The molecular formula is C12H8ClN5O. The smallest absolute Gasteiger partial charge is 0.225 e. The molecule has 0 bridgehead atoms. The minimum absolute atomic E-state index is 0.0584. The lowest BCUT2D eigenvalue weighted by Gasteiger charge is -2.06. The van der Waals surface area contributed by atoms with Crippen molar-refractivity contribution in [1.82, 2.24) is 19.9 Å². The van der Waals surface area contributed by atoms with Crippen molar-refractivity contribution < 1.29 is 4.74 Å². The summed E-state index contributed by atoms with van der Waals surface area (Å²) in [5, 5.41) is 0.225. The molecular weight excluding hydrogens is 266 g/mol. The predicted molar refractivity (Wildman–Crippen MR) is 71.1 cm³/mol. The molecule has 0 fully saturated rings. The van der Waals surface area contributed by atoms with E-state index in [4.69, 9.17) is 22.1 Å². The van der Waals surface area contributed by atoms with E-state index in [9.17, 15) is 0 Å². The molecule has 6 nitrogen and oxygen atoms in total. The van der Waals surface area contributed by atoms with Crippen LogP contribution in [0.3, 0.4) is 0 Å². The summed E-state index contributed by atoms with van der Waals surface area (Å²) in [7, 11) is 0. The van der Waals surface area contributed by atoms with Gasteiger partial charge in [-0.3, -0.25) is 9.97 Å². The molecule has 2 heterocycles. The van der Waals surface area contributed by atoms with Crippen LogP contribution in [-0.4, -0.2) is 19.9 Å². The van der Waals surface area contributed by atoms with Gasteiger partial charge >= 0.3 is 0 Å². The Bertz CT molecular complexity index is 729. The van der Waals surface area contributed by atoms with Crippen LogP contribution in [0.5, 0.6) is 11.6 Å². The summed E-state index contributed by atoms with van der Waals surface area (Å²) in [6.07, 6.45) is 3.25. The number of benzene rings is 1. The van der Waals surface area contributed by atoms with Gasteiger partial charge in [0.25, 0.3) is 0 Å². The maximum atomic E-state index is 5.78. The first-order valence-electron chi connectivity index (χ1n) is 5.39. The molecule has 2 aromatic heterocycles. The summed E-state index contributed by atoms with van der Waals surface area (Å²) >= 11 is 5.78. The van der Waals surface area contributed by atoms with Gasteiger partial charge < -0.3 is 10.5 Å². The molecule has 0 aliphatic rings. The van der Waals surface area contributed by atoms with E-state index in [0.29, 0.717) is 5.75 Å². The molecule has 0 amide bonds. The van der Waals surface area contributed by atoms with Crippen molar-refractivity contribution in [1.29, 1.82) is 0 Å². The first kappa shape index (κ1) is 11.6. The summed E-state index contributed by atoms with van der Waals surface area (Å²) < 4.78 is 5.56. The van der Waals surface area contributed by atoms with E-state index in [2.05, 4.69) is 19.9 Å². The van der Waals surface area contributed by atoms with Crippen molar-refractivity contribution in [3.8, 4) is 11.6 Å². The standard InChI is InChI=1S/C12H8ClN5O/c13-10-6-11(18-12(14)17-10)19-7-1-2-8-9(5-7)16-4-3-15-8/h1-6H,(H2,14,17,18). The van der Waals surface area contributed by atoms with Gasteiger partial charge in [-0.2, -0.15) is 4.98 Å². The van der Waals surface area contributed by atoms with Gasteiger partial charge in [0.2, 0.25) is 11.8 Å². The van der Waals surface area contributed by atoms with E-state index >= 15 is 0 Å². The molecule has 2 N–H and O–H groups in total. The number of ether oxygens (including phenoxy) is 1. The summed E-state index contributed by atoms with van der Waals surface area (Å²) in [6, 6.07) is 6.82. The van der Waals surface area contributed by atoms with E-state index in [0.717, 1.165) is 11.0 Å². The lowest BCUT2D eigenvalue weighted by molar-refractivity contribution is 0.463. The SMILES string of the molecule is Nc1nc(Cl)cc(Oc2ccc3nccnc3c2)n1. The number of anilines is 1. The Balaban J connectivity index is 1.96. The third kappa shape index (κ3) is 2.53.